The minimum absolute atomic E-state index is 0.0289. The molecule has 22 heavy (non-hydrogen) atoms. The van der Waals surface area contributed by atoms with E-state index in [4.69, 9.17) is 11.6 Å². The van der Waals surface area contributed by atoms with Crippen molar-refractivity contribution in [1.82, 2.24) is 10.2 Å². The van der Waals surface area contributed by atoms with Crippen LogP contribution in [0.25, 0.3) is 0 Å². The molecule has 1 fully saturated rings. The molecular weight excluding hydrogens is 321 g/mol. The van der Waals surface area contributed by atoms with E-state index in [2.05, 4.69) is 5.32 Å². The first-order chi connectivity index (χ1) is 10.3. The molecule has 8 heteroatoms. The van der Waals surface area contributed by atoms with Crippen molar-refractivity contribution in [2.75, 3.05) is 13.1 Å². The molecule has 0 radical (unpaired) electrons. The summed E-state index contributed by atoms with van der Waals surface area (Å²) >= 11 is 5.80. The van der Waals surface area contributed by atoms with Gasteiger partial charge < -0.3 is 10.2 Å². The highest BCUT2D eigenvalue weighted by atomic mass is 35.5. The number of benzene rings is 1. The largest absolute Gasteiger partial charge is 0.471 e. The van der Waals surface area contributed by atoms with Crippen LogP contribution in [0.3, 0.4) is 0 Å². The Balaban J connectivity index is 1.88. The highest BCUT2D eigenvalue weighted by Crippen LogP contribution is 2.21. The Kier molecular flexibility index (Phi) is 4.95. The van der Waals surface area contributed by atoms with Crippen LogP contribution in [0.15, 0.2) is 24.3 Å². The third-order valence-electron chi connectivity index (χ3n) is 3.45. The summed E-state index contributed by atoms with van der Waals surface area (Å²) in [6.07, 6.45) is -4.28. The van der Waals surface area contributed by atoms with E-state index in [1.54, 1.807) is 18.2 Å². The van der Waals surface area contributed by atoms with Gasteiger partial charge in [-0.3, -0.25) is 9.59 Å². The maximum absolute atomic E-state index is 12.3. The van der Waals surface area contributed by atoms with Gasteiger partial charge in [0.15, 0.2) is 0 Å². The SMILES string of the molecule is O=C(NC1CCN(C(=O)C(F)(F)F)CC1)c1cccc(Cl)c1. The molecule has 2 rings (SSSR count). The van der Waals surface area contributed by atoms with Gasteiger partial charge in [-0.25, -0.2) is 0 Å². The molecule has 0 bridgehead atoms. The lowest BCUT2D eigenvalue weighted by Crippen LogP contribution is -2.50. The third-order valence-corrected chi connectivity index (χ3v) is 3.68. The molecule has 0 atom stereocenters. The third kappa shape index (κ3) is 4.13. The van der Waals surface area contributed by atoms with E-state index in [0.717, 1.165) is 4.90 Å². The number of carbonyl (C=O) groups is 2. The van der Waals surface area contributed by atoms with Crippen LogP contribution < -0.4 is 5.32 Å². The molecule has 0 spiro atoms. The first kappa shape index (κ1) is 16.6. The second-order valence-electron chi connectivity index (χ2n) is 5.05. The van der Waals surface area contributed by atoms with Crippen molar-refractivity contribution in [1.29, 1.82) is 0 Å². The van der Waals surface area contributed by atoms with E-state index in [0.29, 0.717) is 10.6 Å². The summed E-state index contributed by atoms with van der Waals surface area (Å²) in [6, 6.07) is 6.13. The number of hydrogen-bond acceptors (Lipinski definition) is 2. The van der Waals surface area contributed by atoms with E-state index in [9.17, 15) is 22.8 Å². The van der Waals surface area contributed by atoms with Gasteiger partial charge in [-0.15, -0.1) is 0 Å². The monoisotopic (exact) mass is 334 g/mol. The minimum Gasteiger partial charge on any atom is -0.349 e. The van der Waals surface area contributed by atoms with Gasteiger partial charge in [0.1, 0.15) is 0 Å². The minimum atomic E-state index is -4.85. The van der Waals surface area contributed by atoms with Crippen LogP contribution in [0.2, 0.25) is 5.02 Å². The molecule has 0 saturated carbocycles. The van der Waals surface area contributed by atoms with Gasteiger partial charge in [-0.05, 0) is 31.0 Å². The lowest BCUT2D eigenvalue weighted by atomic mass is 10.0. The summed E-state index contributed by atoms with van der Waals surface area (Å²) in [5, 5.41) is 3.17. The molecule has 1 heterocycles. The predicted octanol–water partition coefficient (Wildman–Crippen LogP) is 2.62. The Morgan fingerprint density at radius 1 is 1.23 bits per heavy atom. The zero-order valence-electron chi connectivity index (χ0n) is 11.5. The molecule has 1 aliphatic rings. The predicted molar refractivity (Wildman–Crippen MR) is 74.6 cm³/mol. The number of nitrogens with zero attached hydrogens (tertiary/aromatic N) is 1. The first-order valence-corrected chi connectivity index (χ1v) is 7.07. The van der Waals surface area contributed by atoms with E-state index in [1.807, 2.05) is 0 Å². The Morgan fingerprint density at radius 3 is 2.41 bits per heavy atom. The number of piperidine rings is 1. The summed E-state index contributed by atoms with van der Waals surface area (Å²) < 4.78 is 37.0. The molecule has 0 aliphatic carbocycles. The number of alkyl halides is 3. The maximum Gasteiger partial charge on any atom is 0.471 e. The van der Waals surface area contributed by atoms with Crippen molar-refractivity contribution in [2.45, 2.75) is 25.1 Å². The lowest BCUT2D eigenvalue weighted by molar-refractivity contribution is -0.186. The summed E-state index contributed by atoms with van der Waals surface area (Å²) in [5.41, 5.74) is 0.390. The molecule has 0 aromatic heterocycles. The summed E-state index contributed by atoms with van der Waals surface area (Å²) in [5.74, 6) is -2.16. The standard InChI is InChI=1S/C14H14ClF3N2O2/c15-10-3-1-2-9(8-10)12(21)19-11-4-6-20(7-5-11)13(22)14(16,17)18/h1-3,8,11H,4-7H2,(H,19,21). The number of amides is 2. The Bertz CT molecular complexity index is 569. The van der Waals surface area contributed by atoms with Crippen LogP contribution in [-0.2, 0) is 4.79 Å². The quantitative estimate of drug-likeness (QED) is 0.904. The molecule has 2 amide bonds. The summed E-state index contributed by atoms with van der Waals surface area (Å²) in [7, 11) is 0. The lowest BCUT2D eigenvalue weighted by Gasteiger charge is -2.32. The molecule has 0 unspecified atom stereocenters. The van der Waals surface area contributed by atoms with Gasteiger partial charge in [0.2, 0.25) is 0 Å². The molecular formula is C14H14ClF3N2O2. The fourth-order valence-electron chi connectivity index (χ4n) is 2.30. The zero-order valence-corrected chi connectivity index (χ0v) is 12.2. The van der Waals surface area contributed by atoms with Crippen molar-refractivity contribution in [2.24, 2.45) is 0 Å². The van der Waals surface area contributed by atoms with Crippen LogP contribution in [0.1, 0.15) is 23.2 Å². The number of likely N-dealkylation sites (tertiary alicyclic amines) is 1. The fraction of sp³-hybridized carbons (Fsp3) is 0.429. The number of hydrogen-bond donors (Lipinski definition) is 1. The van der Waals surface area contributed by atoms with Gasteiger partial charge in [0.05, 0.1) is 0 Å². The molecule has 1 aromatic rings. The molecule has 1 aliphatic heterocycles. The second kappa shape index (κ2) is 6.56. The van der Waals surface area contributed by atoms with Crippen molar-refractivity contribution in [3.8, 4) is 0 Å². The number of carbonyl (C=O) groups excluding carboxylic acids is 2. The summed E-state index contributed by atoms with van der Waals surface area (Å²) in [6.45, 7) is -0.0579. The Morgan fingerprint density at radius 2 is 1.86 bits per heavy atom. The molecule has 1 N–H and O–H groups in total. The Hall–Kier alpha value is -1.76. The van der Waals surface area contributed by atoms with E-state index in [-0.39, 0.29) is 37.9 Å². The van der Waals surface area contributed by atoms with Gasteiger partial charge in [0, 0.05) is 29.7 Å². The first-order valence-electron chi connectivity index (χ1n) is 6.70. The van der Waals surface area contributed by atoms with Crippen LogP contribution >= 0.6 is 11.6 Å². The molecule has 1 aromatic carbocycles. The molecule has 1 saturated heterocycles. The number of rotatable bonds is 2. The van der Waals surface area contributed by atoms with Gasteiger partial charge in [-0.2, -0.15) is 13.2 Å². The van der Waals surface area contributed by atoms with Crippen molar-refractivity contribution >= 4 is 23.4 Å². The highest BCUT2D eigenvalue weighted by molar-refractivity contribution is 6.30. The zero-order chi connectivity index (χ0) is 16.3. The smallest absolute Gasteiger partial charge is 0.349 e. The molecule has 120 valence electrons. The number of halogens is 4. The topological polar surface area (TPSA) is 49.4 Å². The highest BCUT2D eigenvalue weighted by Gasteiger charge is 2.43. The molecule has 4 nitrogen and oxygen atoms in total. The van der Waals surface area contributed by atoms with Crippen LogP contribution in [0.5, 0.6) is 0 Å². The van der Waals surface area contributed by atoms with Gasteiger partial charge >= 0.3 is 12.1 Å². The van der Waals surface area contributed by atoms with E-state index in [1.165, 1.54) is 6.07 Å². The summed E-state index contributed by atoms with van der Waals surface area (Å²) in [4.78, 5) is 23.9. The van der Waals surface area contributed by atoms with Crippen LogP contribution in [-0.4, -0.2) is 42.0 Å². The van der Waals surface area contributed by atoms with Crippen molar-refractivity contribution in [3.05, 3.63) is 34.9 Å². The van der Waals surface area contributed by atoms with E-state index >= 15 is 0 Å². The van der Waals surface area contributed by atoms with Gasteiger partial charge in [0.25, 0.3) is 5.91 Å². The van der Waals surface area contributed by atoms with Crippen LogP contribution in [0, 0.1) is 0 Å². The van der Waals surface area contributed by atoms with E-state index < -0.39 is 12.1 Å². The van der Waals surface area contributed by atoms with Gasteiger partial charge in [-0.1, -0.05) is 17.7 Å². The average Bonchev–Trinajstić information content (AvgIpc) is 2.46. The van der Waals surface area contributed by atoms with Crippen molar-refractivity contribution < 1.29 is 22.8 Å². The Labute approximate surface area is 130 Å². The normalized spacial score (nSPS) is 16.5. The van der Waals surface area contributed by atoms with Crippen molar-refractivity contribution in [3.63, 3.8) is 0 Å². The van der Waals surface area contributed by atoms with Crippen LogP contribution in [0.4, 0.5) is 13.2 Å². The maximum atomic E-state index is 12.3. The number of nitrogens with one attached hydrogen (secondary N) is 1. The fourth-order valence-corrected chi connectivity index (χ4v) is 2.49. The average molecular weight is 335 g/mol. The second-order valence-corrected chi connectivity index (χ2v) is 5.48.